The summed E-state index contributed by atoms with van der Waals surface area (Å²) in [5, 5.41) is 6.86. The van der Waals surface area contributed by atoms with Crippen molar-refractivity contribution in [1.82, 2.24) is 30.1 Å². The highest BCUT2D eigenvalue weighted by Gasteiger charge is 2.31. The number of guanidine groups is 1. The van der Waals surface area contributed by atoms with Crippen LogP contribution in [-0.2, 0) is 11.3 Å². The Hall–Kier alpha value is -2.17. The lowest BCUT2D eigenvalue weighted by molar-refractivity contribution is -0.135. The molecule has 31 heavy (non-hydrogen) atoms. The van der Waals surface area contributed by atoms with Crippen LogP contribution in [0.1, 0.15) is 44.1 Å². The minimum absolute atomic E-state index is 0. The van der Waals surface area contributed by atoms with Gasteiger partial charge in [0.25, 0.3) is 0 Å². The van der Waals surface area contributed by atoms with E-state index in [2.05, 4.69) is 25.6 Å². The quantitative estimate of drug-likeness (QED) is 0.348. The van der Waals surface area contributed by atoms with E-state index >= 15 is 0 Å². The first-order chi connectivity index (χ1) is 14.7. The maximum absolute atomic E-state index is 12.8. The number of nitrogens with zero attached hydrogens (tertiary/aromatic N) is 5. The maximum Gasteiger partial charge on any atom is 0.225 e. The van der Waals surface area contributed by atoms with Crippen molar-refractivity contribution >= 4 is 35.8 Å². The number of carbonyl (C=O) groups excluding carboxylic acids is 1. The Balaban J connectivity index is 0.00000272. The highest BCUT2D eigenvalue weighted by Crippen LogP contribution is 2.26. The number of likely N-dealkylation sites (tertiary alicyclic amines) is 1. The van der Waals surface area contributed by atoms with Gasteiger partial charge in [0.1, 0.15) is 12.1 Å². The standard InChI is InChI=1S/C22H31N7O.HI/c1-23-22(26-14-17-7-9-25-20(13-17)29-12-10-24-16-29)27-19-8-11-28(15-19)21(30)18-5-3-2-4-6-18;/h7,9-10,12-13,16,18-19H,2-6,8,11,14-15H2,1H3,(H2,23,26,27);1H. The Labute approximate surface area is 201 Å². The fourth-order valence-corrected chi connectivity index (χ4v) is 4.37. The number of hydrogen-bond donors (Lipinski definition) is 2. The van der Waals surface area contributed by atoms with Crippen LogP contribution in [0.15, 0.2) is 42.0 Å². The Kier molecular flexibility index (Phi) is 8.68. The number of aliphatic imine (C=N–C) groups is 1. The highest BCUT2D eigenvalue weighted by molar-refractivity contribution is 14.0. The number of rotatable bonds is 5. The number of halogens is 1. The molecule has 0 spiro atoms. The molecule has 1 saturated heterocycles. The molecule has 0 aromatic carbocycles. The van der Waals surface area contributed by atoms with Gasteiger partial charge in [0.15, 0.2) is 5.96 Å². The van der Waals surface area contributed by atoms with Crippen LogP contribution in [0.25, 0.3) is 5.82 Å². The molecule has 1 aliphatic heterocycles. The van der Waals surface area contributed by atoms with Crippen LogP contribution < -0.4 is 10.6 Å². The van der Waals surface area contributed by atoms with Crippen molar-refractivity contribution in [2.75, 3.05) is 20.1 Å². The summed E-state index contributed by atoms with van der Waals surface area (Å²) in [4.78, 5) is 27.6. The van der Waals surface area contributed by atoms with E-state index in [4.69, 9.17) is 0 Å². The van der Waals surface area contributed by atoms with Crippen LogP contribution in [0, 0.1) is 5.92 Å². The molecular weight excluding hydrogens is 505 g/mol. The monoisotopic (exact) mass is 537 g/mol. The topological polar surface area (TPSA) is 87.4 Å². The molecule has 2 aliphatic rings. The normalized spacial score (nSPS) is 19.7. The largest absolute Gasteiger partial charge is 0.352 e. The molecule has 2 aromatic rings. The molecule has 9 heteroatoms. The number of nitrogens with one attached hydrogen (secondary N) is 2. The lowest BCUT2D eigenvalue weighted by Crippen LogP contribution is -2.45. The number of carbonyl (C=O) groups is 1. The number of imidazole rings is 1. The van der Waals surface area contributed by atoms with Gasteiger partial charge in [0.2, 0.25) is 5.91 Å². The van der Waals surface area contributed by atoms with Gasteiger partial charge in [-0.25, -0.2) is 9.97 Å². The second-order valence-corrected chi connectivity index (χ2v) is 8.17. The molecule has 2 N–H and O–H groups in total. The van der Waals surface area contributed by atoms with Crippen molar-refractivity contribution in [3.05, 3.63) is 42.6 Å². The minimum Gasteiger partial charge on any atom is -0.352 e. The van der Waals surface area contributed by atoms with E-state index in [1.807, 2.05) is 27.8 Å². The predicted molar refractivity (Wildman–Crippen MR) is 132 cm³/mol. The fourth-order valence-electron chi connectivity index (χ4n) is 4.37. The number of pyridine rings is 1. The van der Waals surface area contributed by atoms with Crippen molar-refractivity contribution in [3.8, 4) is 5.82 Å². The summed E-state index contributed by atoms with van der Waals surface area (Å²) in [5.74, 6) is 2.19. The summed E-state index contributed by atoms with van der Waals surface area (Å²) in [6, 6.07) is 4.26. The van der Waals surface area contributed by atoms with E-state index in [0.717, 1.165) is 49.7 Å². The first kappa shape index (κ1) is 23.5. The second kappa shape index (κ2) is 11.4. The summed E-state index contributed by atoms with van der Waals surface area (Å²) in [7, 11) is 1.78. The van der Waals surface area contributed by atoms with E-state index in [-0.39, 0.29) is 35.9 Å². The third-order valence-corrected chi connectivity index (χ3v) is 6.06. The van der Waals surface area contributed by atoms with Gasteiger partial charge >= 0.3 is 0 Å². The van der Waals surface area contributed by atoms with Crippen LogP contribution in [0.3, 0.4) is 0 Å². The van der Waals surface area contributed by atoms with E-state index in [9.17, 15) is 4.79 Å². The molecular formula is C22H32IN7O. The van der Waals surface area contributed by atoms with Gasteiger partial charge in [-0.2, -0.15) is 0 Å². The van der Waals surface area contributed by atoms with E-state index in [0.29, 0.717) is 12.5 Å². The lowest BCUT2D eigenvalue weighted by atomic mass is 9.88. The SMILES string of the molecule is CN=C(NCc1ccnc(-n2ccnc2)c1)NC1CCN(C(=O)C2CCCCC2)C1.I. The van der Waals surface area contributed by atoms with Crippen LogP contribution in [0.2, 0.25) is 0 Å². The zero-order valence-corrected chi connectivity index (χ0v) is 20.4. The number of aromatic nitrogens is 3. The third-order valence-electron chi connectivity index (χ3n) is 6.06. The maximum atomic E-state index is 12.8. The molecule has 1 aliphatic carbocycles. The first-order valence-electron chi connectivity index (χ1n) is 10.9. The van der Waals surface area contributed by atoms with Gasteiger partial charge < -0.3 is 15.5 Å². The van der Waals surface area contributed by atoms with Crippen LogP contribution in [-0.4, -0.2) is 57.5 Å². The minimum atomic E-state index is 0. The summed E-state index contributed by atoms with van der Waals surface area (Å²) in [5.41, 5.74) is 1.11. The van der Waals surface area contributed by atoms with E-state index in [1.54, 1.807) is 25.8 Å². The Morgan fingerprint density at radius 2 is 2.06 bits per heavy atom. The third kappa shape index (κ3) is 6.18. The Bertz CT molecular complexity index is 865. The first-order valence-corrected chi connectivity index (χ1v) is 10.9. The van der Waals surface area contributed by atoms with Gasteiger partial charge in [-0.3, -0.25) is 14.4 Å². The van der Waals surface area contributed by atoms with Gasteiger partial charge in [-0.05, 0) is 37.0 Å². The van der Waals surface area contributed by atoms with Crippen molar-refractivity contribution in [2.45, 2.75) is 51.1 Å². The lowest BCUT2D eigenvalue weighted by Gasteiger charge is -2.26. The Morgan fingerprint density at radius 3 is 2.81 bits per heavy atom. The molecule has 8 nitrogen and oxygen atoms in total. The van der Waals surface area contributed by atoms with Gasteiger partial charge in [0.05, 0.1) is 0 Å². The molecule has 0 radical (unpaired) electrons. The molecule has 168 valence electrons. The molecule has 1 unspecified atom stereocenters. The van der Waals surface area contributed by atoms with Crippen molar-refractivity contribution < 1.29 is 4.79 Å². The zero-order chi connectivity index (χ0) is 20.8. The van der Waals surface area contributed by atoms with Gasteiger partial charge in [0, 0.05) is 57.2 Å². The molecule has 1 atom stereocenters. The average Bonchev–Trinajstić information content (AvgIpc) is 3.49. The van der Waals surface area contributed by atoms with Crippen LogP contribution in [0.4, 0.5) is 0 Å². The molecule has 4 rings (SSSR count). The van der Waals surface area contributed by atoms with Crippen LogP contribution in [0.5, 0.6) is 0 Å². The fraction of sp³-hybridized carbons (Fsp3) is 0.545. The smallest absolute Gasteiger partial charge is 0.225 e. The molecule has 2 aromatic heterocycles. The van der Waals surface area contributed by atoms with Gasteiger partial charge in [-0.1, -0.05) is 19.3 Å². The molecule has 0 bridgehead atoms. The van der Waals surface area contributed by atoms with Crippen molar-refractivity contribution in [2.24, 2.45) is 10.9 Å². The molecule has 3 heterocycles. The zero-order valence-electron chi connectivity index (χ0n) is 18.0. The summed E-state index contributed by atoms with van der Waals surface area (Å²) < 4.78 is 1.88. The number of hydrogen-bond acceptors (Lipinski definition) is 4. The molecule has 2 fully saturated rings. The summed E-state index contributed by atoms with van der Waals surface area (Å²) >= 11 is 0. The van der Waals surface area contributed by atoms with E-state index < -0.39 is 0 Å². The summed E-state index contributed by atoms with van der Waals surface area (Å²) in [6.07, 6.45) is 13.9. The van der Waals surface area contributed by atoms with Crippen LogP contribution >= 0.6 is 24.0 Å². The van der Waals surface area contributed by atoms with Crippen molar-refractivity contribution in [1.29, 1.82) is 0 Å². The Morgan fingerprint density at radius 1 is 1.23 bits per heavy atom. The van der Waals surface area contributed by atoms with E-state index in [1.165, 1.54) is 19.3 Å². The average molecular weight is 537 g/mol. The number of amides is 1. The van der Waals surface area contributed by atoms with Gasteiger partial charge in [-0.15, -0.1) is 24.0 Å². The molecule has 1 saturated carbocycles. The second-order valence-electron chi connectivity index (χ2n) is 8.17. The van der Waals surface area contributed by atoms with Crippen molar-refractivity contribution in [3.63, 3.8) is 0 Å². The predicted octanol–water partition coefficient (Wildman–Crippen LogP) is 2.73. The molecule has 1 amide bonds. The highest BCUT2D eigenvalue weighted by atomic mass is 127. The summed E-state index contributed by atoms with van der Waals surface area (Å²) in [6.45, 7) is 2.24.